The normalized spacial score (nSPS) is 13.8. The number of rotatable bonds is 12. The van der Waals surface area contributed by atoms with Crippen molar-refractivity contribution in [2.24, 2.45) is 5.16 Å². The minimum absolute atomic E-state index is 0.0673. The second kappa shape index (κ2) is 13.4. The Balaban J connectivity index is 1.41. The van der Waals surface area contributed by atoms with Crippen LogP contribution in [0.3, 0.4) is 0 Å². The Kier molecular flexibility index (Phi) is 9.53. The van der Waals surface area contributed by atoms with Crippen LogP contribution in [-0.4, -0.2) is 61.9 Å². The summed E-state index contributed by atoms with van der Waals surface area (Å²) in [6, 6.07) is 22.0. The third kappa shape index (κ3) is 6.94. The fraction of sp³-hybridized carbons (Fsp3) is 0.300. The molecular weight excluding hydrogens is 500 g/mol. The van der Waals surface area contributed by atoms with Gasteiger partial charge in [0, 0.05) is 24.2 Å². The number of fused-ring (bicyclic) bond motifs is 1. The zero-order chi connectivity index (χ0) is 27.6. The molecule has 1 N–H and O–H groups in total. The number of carbonyl (C=O) groups is 2. The van der Waals surface area contributed by atoms with Crippen LogP contribution < -0.4 is 14.4 Å². The van der Waals surface area contributed by atoms with Gasteiger partial charge in [0.2, 0.25) is 0 Å². The number of hydrogen-bond donors (Lipinski definition) is 1. The van der Waals surface area contributed by atoms with Gasteiger partial charge in [0.1, 0.15) is 23.8 Å². The Labute approximate surface area is 227 Å². The van der Waals surface area contributed by atoms with Gasteiger partial charge in [-0.05, 0) is 49.7 Å². The third-order valence-corrected chi connectivity index (χ3v) is 6.17. The van der Waals surface area contributed by atoms with Crippen molar-refractivity contribution in [1.82, 2.24) is 0 Å². The number of ether oxygens (including phenoxy) is 4. The average Bonchev–Trinajstić information content (AvgIpc) is 2.96. The van der Waals surface area contributed by atoms with Gasteiger partial charge in [0.15, 0.2) is 12.7 Å². The summed E-state index contributed by atoms with van der Waals surface area (Å²) in [5.74, 6) is 0.635. The van der Waals surface area contributed by atoms with Crippen LogP contribution in [-0.2, 0) is 25.5 Å². The van der Waals surface area contributed by atoms with E-state index in [4.69, 9.17) is 18.9 Å². The van der Waals surface area contributed by atoms with Crippen LogP contribution in [0, 0.1) is 0 Å². The van der Waals surface area contributed by atoms with E-state index in [2.05, 4.69) is 5.16 Å². The molecule has 1 aliphatic rings. The maximum absolute atomic E-state index is 12.7. The fourth-order valence-electron chi connectivity index (χ4n) is 4.31. The summed E-state index contributed by atoms with van der Waals surface area (Å²) in [7, 11) is 0. The largest absolute Gasteiger partial charge is 0.492 e. The van der Waals surface area contributed by atoms with Crippen LogP contribution in [0.1, 0.15) is 30.5 Å². The molecule has 0 fully saturated rings. The van der Waals surface area contributed by atoms with Gasteiger partial charge in [-0.15, -0.1) is 0 Å². The summed E-state index contributed by atoms with van der Waals surface area (Å²) in [4.78, 5) is 26.5. The van der Waals surface area contributed by atoms with Crippen LogP contribution in [0.5, 0.6) is 11.5 Å². The molecule has 3 aromatic rings. The lowest BCUT2D eigenvalue weighted by Gasteiger charge is -2.29. The van der Waals surface area contributed by atoms with Gasteiger partial charge in [0.05, 0.1) is 18.8 Å². The van der Waals surface area contributed by atoms with Crippen LogP contribution >= 0.6 is 0 Å². The molecule has 1 atom stereocenters. The average molecular weight is 533 g/mol. The fourth-order valence-corrected chi connectivity index (χ4v) is 4.31. The van der Waals surface area contributed by atoms with Crippen LogP contribution in [0.4, 0.5) is 5.69 Å². The van der Waals surface area contributed by atoms with E-state index in [0.717, 1.165) is 11.1 Å². The Morgan fingerprint density at radius 2 is 1.79 bits per heavy atom. The monoisotopic (exact) mass is 532 g/mol. The van der Waals surface area contributed by atoms with E-state index in [-0.39, 0.29) is 25.1 Å². The molecule has 0 spiro atoms. The molecular formula is C30H32N2O7. The first-order valence-corrected chi connectivity index (χ1v) is 12.9. The van der Waals surface area contributed by atoms with E-state index in [9.17, 15) is 14.8 Å². The van der Waals surface area contributed by atoms with Crippen molar-refractivity contribution >= 4 is 23.3 Å². The predicted molar refractivity (Wildman–Crippen MR) is 146 cm³/mol. The molecule has 39 heavy (non-hydrogen) atoms. The van der Waals surface area contributed by atoms with Crippen LogP contribution in [0.25, 0.3) is 0 Å². The lowest BCUT2D eigenvalue weighted by Crippen LogP contribution is -2.41. The van der Waals surface area contributed by atoms with Gasteiger partial charge >= 0.3 is 5.97 Å². The number of benzene rings is 3. The first kappa shape index (κ1) is 27.7. The number of oxime groups is 1. The van der Waals surface area contributed by atoms with Gasteiger partial charge in [0.25, 0.3) is 5.91 Å². The van der Waals surface area contributed by atoms with Gasteiger partial charge in [-0.1, -0.05) is 47.6 Å². The van der Waals surface area contributed by atoms with Crippen molar-refractivity contribution in [1.29, 1.82) is 0 Å². The molecule has 0 saturated carbocycles. The number of carbonyl (C=O) groups excluding carboxylic acids is 2. The third-order valence-electron chi connectivity index (χ3n) is 6.17. The SMILES string of the molecule is CCOC(=O)C(Cc1ccc(OCCN2C(=O)COc3ccc(/C(=N/O)c4ccccc4)cc32)cc1)OCC. The predicted octanol–water partition coefficient (Wildman–Crippen LogP) is 4.23. The van der Waals surface area contributed by atoms with Crippen molar-refractivity contribution in [3.05, 3.63) is 89.5 Å². The summed E-state index contributed by atoms with van der Waals surface area (Å²) in [6.07, 6.45) is -0.256. The second-order valence-electron chi connectivity index (χ2n) is 8.72. The molecule has 1 amide bonds. The van der Waals surface area contributed by atoms with Crippen molar-refractivity contribution in [2.45, 2.75) is 26.4 Å². The maximum atomic E-state index is 12.7. The van der Waals surface area contributed by atoms with Crippen LogP contribution in [0.2, 0.25) is 0 Å². The number of anilines is 1. The first-order valence-electron chi connectivity index (χ1n) is 12.9. The Hall–Kier alpha value is -4.37. The molecule has 0 radical (unpaired) electrons. The lowest BCUT2D eigenvalue weighted by molar-refractivity contribution is -0.156. The standard InChI is InChI=1S/C30H32N2O7/c1-3-36-27(30(34)37-4-2)18-21-10-13-24(14-11-21)38-17-16-32-25-19-23(12-15-26(25)39-20-28(32)33)29(31-35)22-8-6-5-7-9-22/h5-15,19,27,35H,3-4,16-18,20H2,1-2H3/b31-29+. The Morgan fingerprint density at radius 3 is 2.49 bits per heavy atom. The van der Waals surface area contributed by atoms with Crippen LogP contribution in [0.15, 0.2) is 78.0 Å². The molecule has 0 bridgehead atoms. The van der Waals surface area contributed by atoms with E-state index >= 15 is 0 Å². The topological polar surface area (TPSA) is 107 Å². The summed E-state index contributed by atoms with van der Waals surface area (Å²) in [6.45, 7) is 4.80. The highest BCUT2D eigenvalue weighted by atomic mass is 16.6. The zero-order valence-corrected chi connectivity index (χ0v) is 22.0. The Bertz CT molecular complexity index is 1290. The zero-order valence-electron chi connectivity index (χ0n) is 22.0. The van der Waals surface area contributed by atoms with Crippen molar-refractivity contribution < 1.29 is 33.7 Å². The van der Waals surface area contributed by atoms with Crippen molar-refractivity contribution in [2.75, 3.05) is 37.9 Å². The molecule has 0 saturated heterocycles. The van der Waals surface area contributed by atoms with E-state index in [1.165, 1.54) is 0 Å². The highest BCUT2D eigenvalue weighted by Gasteiger charge is 2.27. The van der Waals surface area contributed by atoms with Gasteiger partial charge in [-0.25, -0.2) is 4.79 Å². The first-order chi connectivity index (χ1) is 19.0. The molecule has 3 aromatic carbocycles. The molecule has 1 heterocycles. The summed E-state index contributed by atoms with van der Waals surface area (Å²) in [5.41, 5.74) is 3.29. The molecule has 1 aliphatic heterocycles. The summed E-state index contributed by atoms with van der Waals surface area (Å²) >= 11 is 0. The van der Waals surface area contributed by atoms with E-state index in [1.54, 1.807) is 30.0 Å². The molecule has 204 valence electrons. The second-order valence-corrected chi connectivity index (χ2v) is 8.72. The highest BCUT2D eigenvalue weighted by molar-refractivity contribution is 6.13. The van der Waals surface area contributed by atoms with E-state index in [0.29, 0.717) is 54.6 Å². The molecule has 9 nitrogen and oxygen atoms in total. The lowest BCUT2D eigenvalue weighted by atomic mass is 10.0. The number of hydrogen-bond acceptors (Lipinski definition) is 8. The van der Waals surface area contributed by atoms with Crippen molar-refractivity contribution in [3.63, 3.8) is 0 Å². The van der Waals surface area contributed by atoms with Gasteiger partial charge < -0.3 is 29.1 Å². The number of esters is 1. The molecule has 0 aliphatic carbocycles. The molecule has 1 unspecified atom stereocenters. The van der Waals surface area contributed by atoms with Crippen molar-refractivity contribution in [3.8, 4) is 11.5 Å². The minimum atomic E-state index is -0.655. The van der Waals surface area contributed by atoms with Gasteiger partial charge in [-0.2, -0.15) is 0 Å². The minimum Gasteiger partial charge on any atom is -0.492 e. The number of amides is 1. The van der Waals surface area contributed by atoms with E-state index in [1.807, 2.05) is 61.5 Å². The molecule has 9 heteroatoms. The summed E-state index contributed by atoms with van der Waals surface area (Å²) < 4.78 is 22.2. The highest BCUT2D eigenvalue weighted by Crippen LogP contribution is 2.33. The summed E-state index contributed by atoms with van der Waals surface area (Å²) in [5, 5.41) is 13.2. The molecule has 0 aromatic heterocycles. The quantitative estimate of drug-likeness (QED) is 0.161. The van der Waals surface area contributed by atoms with Gasteiger partial charge in [-0.3, -0.25) is 4.79 Å². The Morgan fingerprint density at radius 1 is 1.03 bits per heavy atom. The maximum Gasteiger partial charge on any atom is 0.335 e. The molecule has 4 rings (SSSR count). The number of nitrogens with zero attached hydrogens (tertiary/aromatic N) is 2. The smallest absolute Gasteiger partial charge is 0.335 e. The van der Waals surface area contributed by atoms with E-state index < -0.39 is 6.10 Å².